The number of hydrogen-bond acceptors (Lipinski definition) is 4. The van der Waals surface area contributed by atoms with Crippen LogP contribution in [0.2, 0.25) is 0 Å². The molecule has 0 bridgehead atoms. The summed E-state index contributed by atoms with van der Waals surface area (Å²) in [6.07, 6.45) is 6.62. The van der Waals surface area contributed by atoms with Gasteiger partial charge in [-0.3, -0.25) is 4.98 Å². The van der Waals surface area contributed by atoms with Crippen LogP contribution in [0.4, 0.5) is 5.82 Å². The summed E-state index contributed by atoms with van der Waals surface area (Å²) < 4.78 is 0. The number of rotatable bonds is 3. The van der Waals surface area contributed by atoms with Gasteiger partial charge in [-0.2, -0.15) is 0 Å². The molecule has 1 fully saturated rings. The van der Waals surface area contributed by atoms with Crippen molar-refractivity contribution in [3.63, 3.8) is 0 Å². The second kappa shape index (κ2) is 3.53. The van der Waals surface area contributed by atoms with E-state index in [1.165, 1.54) is 6.42 Å². The fourth-order valence-corrected chi connectivity index (χ4v) is 1.72. The quantitative estimate of drug-likeness (QED) is 0.755. The van der Waals surface area contributed by atoms with E-state index in [1.807, 2.05) is 6.92 Å². The van der Waals surface area contributed by atoms with Gasteiger partial charge in [-0.15, -0.1) is 0 Å². The van der Waals surface area contributed by atoms with E-state index in [-0.39, 0.29) is 12.1 Å². The molecule has 0 atom stereocenters. The summed E-state index contributed by atoms with van der Waals surface area (Å²) in [5, 5.41) is 12.5. The third kappa shape index (κ3) is 1.70. The second-order valence-corrected chi connectivity index (χ2v) is 3.96. The third-order valence-electron chi connectivity index (χ3n) is 2.76. The first-order valence-electron chi connectivity index (χ1n) is 4.92. The SMILES string of the molecule is Cc1cncc(NC2(CO)CCC2)n1. The van der Waals surface area contributed by atoms with Crippen molar-refractivity contribution in [1.82, 2.24) is 9.97 Å². The van der Waals surface area contributed by atoms with Gasteiger partial charge in [-0.25, -0.2) is 4.98 Å². The van der Waals surface area contributed by atoms with Gasteiger partial charge >= 0.3 is 0 Å². The van der Waals surface area contributed by atoms with Crippen LogP contribution in [-0.4, -0.2) is 27.2 Å². The zero-order valence-corrected chi connectivity index (χ0v) is 8.32. The Balaban J connectivity index is 2.09. The molecule has 4 nitrogen and oxygen atoms in total. The highest BCUT2D eigenvalue weighted by Crippen LogP contribution is 2.34. The van der Waals surface area contributed by atoms with E-state index >= 15 is 0 Å². The Kier molecular flexibility index (Phi) is 2.37. The van der Waals surface area contributed by atoms with Crippen LogP contribution < -0.4 is 5.32 Å². The van der Waals surface area contributed by atoms with Crippen LogP contribution in [-0.2, 0) is 0 Å². The summed E-state index contributed by atoms with van der Waals surface area (Å²) in [4.78, 5) is 8.36. The van der Waals surface area contributed by atoms with Crippen molar-refractivity contribution in [3.8, 4) is 0 Å². The van der Waals surface area contributed by atoms with Gasteiger partial charge in [-0.05, 0) is 26.2 Å². The van der Waals surface area contributed by atoms with Crippen molar-refractivity contribution in [2.45, 2.75) is 31.7 Å². The molecular weight excluding hydrogens is 178 g/mol. The molecule has 1 aliphatic rings. The number of aromatic nitrogens is 2. The standard InChI is InChI=1S/C10H15N3O/c1-8-5-11-6-9(12-8)13-10(7-14)3-2-4-10/h5-6,14H,2-4,7H2,1H3,(H,12,13). The third-order valence-corrected chi connectivity index (χ3v) is 2.76. The highest BCUT2D eigenvalue weighted by atomic mass is 16.3. The molecule has 0 amide bonds. The molecule has 1 heterocycles. The van der Waals surface area contributed by atoms with Gasteiger partial charge < -0.3 is 10.4 Å². The second-order valence-electron chi connectivity index (χ2n) is 3.96. The summed E-state index contributed by atoms with van der Waals surface area (Å²) in [6, 6.07) is 0. The lowest BCUT2D eigenvalue weighted by atomic mass is 9.77. The van der Waals surface area contributed by atoms with Crippen LogP contribution in [0.15, 0.2) is 12.4 Å². The molecule has 1 aromatic heterocycles. The van der Waals surface area contributed by atoms with E-state index < -0.39 is 0 Å². The van der Waals surface area contributed by atoms with Gasteiger partial charge in [0.1, 0.15) is 5.82 Å². The number of anilines is 1. The van der Waals surface area contributed by atoms with Crippen LogP contribution in [0.3, 0.4) is 0 Å². The number of nitrogens with one attached hydrogen (secondary N) is 1. The van der Waals surface area contributed by atoms with E-state index in [9.17, 15) is 5.11 Å². The highest BCUT2D eigenvalue weighted by molar-refractivity contribution is 5.36. The van der Waals surface area contributed by atoms with E-state index in [0.717, 1.165) is 24.4 Å². The zero-order chi connectivity index (χ0) is 10.0. The monoisotopic (exact) mass is 193 g/mol. The normalized spacial score (nSPS) is 18.7. The maximum Gasteiger partial charge on any atom is 0.145 e. The predicted octanol–water partition coefficient (Wildman–Crippen LogP) is 1.11. The number of aryl methyl sites for hydroxylation is 1. The maximum absolute atomic E-state index is 9.26. The zero-order valence-electron chi connectivity index (χ0n) is 8.32. The molecule has 1 aromatic rings. The van der Waals surface area contributed by atoms with Crippen LogP contribution >= 0.6 is 0 Å². The molecule has 1 aliphatic carbocycles. The van der Waals surface area contributed by atoms with E-state index in [0.29, 0.717) is 0 Å². The molecule has 2 rings (SSSR count). The molecule has 0 radical (unpaired) electrons. The van der Waals surface area contributed by atoms with Gasteiger partial charge in [0.25, 0.3) is 0 Å². The Morgan fingerprint density at radius 1 is 1.50 bits per heavy atom. The van der Waals surface area contributed by atoms with Crippen molar-refractivity contribution >= 4 is 5.82 Å². The van der Waals surface area contributed by atoms with Gasteiger partial charge in [0, 0.05) is 6.20 Å². The topological polar surface area (TPSA) is 58.0 Å². The molecule has 76 valence electrons. The molecule has 0 aliphatic heterocycles. The van der Waals surface area contributed by atoms with Crippen molar-refractivity contribution in [1.29, 1.82) is 0 Å². The summed E-state index contributed by atoms with van der Waals surface area (Å²) in [5.41, 5.74) is 0.755. The van der Waals surface area contributed by atoms with Crippen molar-refractivity contribution < 1.29 is 5.11 Å². The Labute approximate surface area is 83.4 Å². The lowest BCUT2D eigenvalue weighted by Crippen LogP contribution is -2.48. The minimum absolute atomic E-state index is 0.136. The fourth-order valence-electron chi connectivity index (χ4n) is 1.72. The molecule has 0 spiro atoms. The van der Waals surface area contributed by atoms with Crippen LogP contribution in [0.5, 0.6) is 0 Å². The number of aliphatic hydroxyl groups excluding tert-OH is 1. The molecule has 0 unspecified atom stereocenters. The first-order valence-corrected chi connectivity index (χ1v) is 4.92. The lowest BCUT2D eigenvalue weighted by Gasteiger charge is -2.41. The summed E-state index contributed by atoms with van der Waals surface area (Å²) in [7, 11) is 0. The number of hydrogen-bond donors (Lipinski definition) is 2. The van der Waals surface area contributed by atoms with Gasteiger partial charge in [-0.1, -0.05) is 0 Å². The molecule has 0 saturated heterocycles. The Morgan fingerprint density at radius 2 is 2.29 bits per heavy atom. The number of aliphatic hydroxyl groups is 1. The Bertz CT molecular complexity index is 317. The van der Waals surface area contributed by atoms with Crippen LogP contribution in [0, 0.1) is 6.92 Å². The molecule has 0 aromatic carbocycles. The minimum atomic E-state index is -0.136. The van der Waals surface area contributed by atoms with E-state index in [4.69, 9.17) is 0 Å². The van der Waals surface area contributed by atoms with E-state index in [1.54, 1.807) is 12.4 Å². The Morgan fingerprint density at radius 3 is 2.79 bits per heavy atom. The predicted molar refractivity (Wildman–Crippen MR) is 54.1 cm³/mol. The molecule has 1 saturated carbocycles. The molecule has 14 heavy (non-hydrogen) atoms. The van der Waals surface area contributed by atoms with Gasteiger partial charge in [0.2, 0.25) is 0 Å². The van der Waals surface area contributed by atoms with Gasteiger partial charge in [0.05, 0.1) is 24.0 Å². The summed E-state index contributed by atoms with van der Waals surface area (Å²) >= 11 is 0. The summed E-state index contributed by atoms with van der Waals surface area (Å²) in [6.45, 7) is 2.08. The smallest absolute Gasteiger partial charge is 0.145 e. The average Bonchev–Trinajstić information content (AvgIpc) is 2.11. The lowest BCUT2D eigenvalue weighted by molar-refractivity contribution is 0.144. The van der Waals surface area contributed by atoms with E-state index in [2.05, 4.69) is 15.3 Å². The van der Waals surface area contributed by atoms with Crippen LogP contribution in [0.1, 0.15) is 25.0 Å². The average molecular weight is 193 g/mol. The van der Waals surface area contributed by atoms with Crippen molar-refractivity contribution in [2.24, 2.45) is 0 Å². The minimum Gasteiger partial charge on any atom is -0.394 e. The van der Waals surface area contributed by atoms with Crippen LogP contribution in [0.25, 0.3) is 0 Å². The summed E-state index contributed by atoms with van der Waals surface area (Å²) in [5.74, 6) is 0.763. The largest absolute Gasteiger partial charge is 0.394 e. The Hall–Kier alpha value is -1.16. The fraction of sp³-hybridized carbons (Fsp3) is 0.600. The van der Waals surface area contributed by atoms with Crippen molar-refractivity contribution in [2.75, 3.05) is 11.9 Å². The molecule has 2 N–H and O–H groups in total. The first kappa shape index (κ1) is 9.40. The van der Waals surface area contributed by atoms with Crippen molar-refractivity contribution in [3.05, 3.63) is 18.1 Å². The number of nitrogens with zero attached hydrogens (tertiary/aromatic N) is 2. The van der Waals surface area contributed by atoms with Gasteiger partial charge in [0.15, 0.2) is 0 Å². The first-order chi connectivity index (χ1) is 6.74. The molecule has 4 heteroatoms. The molecular formula is C10H15N3O. The highest BCUT2D eigenvalue weighted by Gasteiger charge is 2.36. The maximum atomic E-state index is 9.26.